The first kappa shape index (κ1) is 25.6. The number of benzene rings is 2. The minimum Gasteiger partial charge on any atom is -0.490 e. The van der Waals surface area contributed by atoms with Gasteiger partial charge in [-0.15, -0.1) is 0 Å². The van der Waals surface area contributed by atoms with E-state index in [2.05, 4.69) is 28.7 Å². The van der Waals surface area contributed by atoms with Crippen molar-refractivity contribution in [3.8, 4) is 17.6 Å². The molecule has 0 spiro atoms. The van der Waals surface area contributed by atoms with E-state index in [0.717, 1.165) is 39.3 Å². The Labute approximate surface area is 223 Å². The summed E-state index contributed by atoms with van der Waals surface area (Å²) in [6.07, 6.45) is 7.50. The van der Waals surface area contributed by atoms with Crippen molar-refractivity contribution >= 4 is 51.6 Å². The number of ether oxygens (including phenoxy) is 2. The molecule has 2 amide bonds. The largest absolute Gasteiger partial charge is 0.490 e. The summed E-state index contributed by atoms with van der Waals surface area (Å²) >= 11 is 3.18. The van der Waals surface area contributed by atoms with Gasteiger partial charge >= 0.3 is 0 Å². The molecule has 4 rings (SSSR count). The van der Waals surface area contributed by atoms with Crippen molar-refractivity contribution in [1.82, 2.24) is 4.90 Å². The van der Waals surface area contributed by atoms with Crippen LogP contribution in [-0.2, 0) is 11.4 Å². The van der Waals surface area contributed by atoms with Gasteiger partial charge in [0.25, 0.3) is 11.1 Å². The molecule has 6 nitrogen and oxygen atoms in total. The molecule has 0 aromatic heterocycles. The van der Waals surface area contributed by atoms with E-state index in [-0.39, 0.29) is 17.8 Å². The van der Waals surface area contributed by atoms with Gasteiger partial charge in [0.05, 0.1) is 26.7 Å². The molecule has 2 aromatic rings. The zero-order valence-electron chi connectivity index (χ0n) is 19.6. The maximum absolute atomic E-state index is 13.0. The Morgan fingerprint density at radius 2 is 1.94 bits per heavy atom. The number of imide groups is 1. The summed E-state index contributed by atoms with van der Waals surface area (Å²) in [6, 6.07) is 13.2. The van der Waals surface area contributed by atoms with Crippen LogP contribution in [0.2, 0.25) is 0 Å². The van der Waals surface area contributed by atoms with Crippen LogP contribution in [-0.4, -0.2) is 29.2 Å². The highest BCUT2D eigenvalue weighted by molar-refractivity contribution is 14.1. The molecule has 1 saturated heterocycles. The van der Waals surface area contributed by atoms with Crippen LogP contribution in [0.5, 0.6) is 11.5 Å². The normalized spacial score (nSPS) is 17.6. The summed E-state index contributed by atoms with van der Waals surface area (Å²) in [5.41, 5.74) is 2.13. The third-order valence-electron chi connectivity index (χ3n) is 6.18. The minimum atomic E-state index is -0.216. The Bertz CT molecular complexity index is 1180. The molecular weight excluding hydrogens is 575 g/mol. The van der Waals surface area contributed by atoms with Crippen LogP contribution in [0.15, 0.2) is 41.3 Å². The number of hydrogen-bond acceptors (Lipinski definition) is 6. The molecule has 182 valence electrons. The third-order valence-corrected chi connectivity index (χ3v) is 7.89. The maximum Gasteiger partial charge on any atom is 0.293 e. The topological polar surface area (TPSA) is 79.6 Å². The van der Waals surface area contributed by atoms with E-state index >= 15 is 0 Å². The maximum atomic E-state index is 13.0. The number of hydrogen-bond donors (Lipinski definition) is 0. The molecule has 1 aliphatic heterocycles. The van der Waals surface area contributed by atoms with Crippen molar-refractivity contribution < 1.29 is 19.1 Å². The zero-order chi connectivity index (χ0) is 24.8. The molecular formula is C27H27IN2O4S. The monoisotopic (exact) mass is 602 g/mol. The minimum absolute atomic E-state index is 0.192. The Hall–Kier alpha value is -2.51. The van der Waals surface area contributed by atoms with Gasteiger partial charge in [0, 0.05) is 12.1 Å². The highest BCUT2D eigenvalue weighted by Gasteiger charge is 2.36. The van der Waals surface area contributed by atoms with Gasteiger partial charge in [0.1, 0.15) is 6.61 Å². The van der Waals surface area contributed by atoms with Gasteiger partial charge in [0.15, 0.2) is 11.5 Å². The van der Waals surface area contributed by atoms with E-state index in [4.69, 9.17) is 9.47 Å². The smallest absolute Gasteiger partial charge is 0.293 e. The van der Waals surface area contributed by atoms with Crippen LogP contribution in [0.4, 0.5) is 4.79 Å². The number of halogens is 1. The fourth-order valence-electron chi connectivity index (χ4n) is 4.42. The number of carbonyl (C=O) groups is 2. The van der Waals surface area contributed by atoms with Crippen LogP contribution < -0.4 is 9.47 Å². The van der Waals surface area contributed by atoms with E-state index in [1.807, 2.05) is 37.3 Å². The van der Waals surface area contributed by atoms with Crippen molar-refractivity contribution in [2.45, 2.75) is 45.6 Å². The molecule has 1 aliphatic carbocycles. The van der Waals surface area contributed by atoms with Gasteiger partial charge in [-0.1, -0.05) is 37.5 Å². The van der Waals surface area contributed by atoms with E-state index in [9.17, 15) is 14.9 Å². The summed E-state index contributed by atoms with van der Waals surface area (Å²) in [5.74, 6) is 1.33. The second kappa shape index (κ2) is 12.0. The number of carbonyl (C=O) groups excluding carboxylic acids is 2. The predicted octanol–water partition coefficient (Wildman–Crippen LogP) is 6.76. The Kier molecular flexibility index (Phi) is 8.74. The zero-order valence-corrected chi connectivity index (χ0v) is 22.6. The number of rotatable bonds is 8. The third kappa shape index (κ3) is 6.19. The lowest BCUT2D eigenvalue weighted by Crippen LogP contribution is -2.34. The molecule has 0 atom stereocenters. The number of nitrogens with zero attached hydrogens (tertiary/aromatic N) is 2. The summed E-state index contributed by atoms with van der Waals surface area (Å²) in [5, 5.41) is 9.14. The summed E-state index contributed by atoms with van der Waals surface area (Å²) in [7, 11) is 0. The summed E-state index contributed by atoms with van der Waals surface area (Å²) in [6.45, 7) is 3.09. The predicted molar refractivity (Wildman–Crippen MR) is 145 cm³/mol. The number of amides is 2. The average molecular weight is 602 g/mol. The van der Waals surface area contributed by atoms with Gasteiger partial charge in [-0.2, -0.15) is 5.26 Å². The van der Waals surface area contributed by atoms with Crippen molar-refractivity contribution in [3.05, 3.63) is 61.6 Å². The van der Waals surface area contributed by atoms with Gasteiger partial charge in [0.2, 0.25) is 0 Å². The van der Waals surface area contributed by atoms with Crippen LogP contribution in [0.3, 0.4) is 0 Å². The first-order valence-electron chi connectivity index (χ1n) is 11.8. The van der Waals surface area contributed by atoms with E-state index in [0.29, 0.717) is 41.0 Å². The number of nitriles is 1. The van der Waals surface area contributed by atoms with Crippen LogP contribution in [0.1, 0.15) is 55.7 Å². The highest BCUT2D eigenvalue weighted by atomic mass is 127. The first-order valence-corrected chi connectivity index (χ1v) is 13.7. The van der Waals surface area contributed by atoms with Gasteiger partial charge < -0.3 is 9.47 Å². The number of thioether (sulfide) groups is 1. The molecule has 0 bridgehead atoms. The molecule has 0 radical (unpaired) electrons. The fraction of sp³-hybridized carbons (Fsp3) is 0.370. The SMILES string of the molecule is CCOc1cc(/C=C2/SC(=O)N(CC3CCCCC3)C2=O)cc(I)c1OCc1ccccc1C#N. The Morgan fingerprint density at radius 3 is 2.69 bits per heavy atom. The molecule has 35 heavy (non-hydrogen) atoms. The second-order valence-corrected chi connectivity index (χ2v) is 10.8. The molecule has 8 heteroatoms. The van der Waals surface area contributed by atoms with Gasteiger partial charge in [-0.3, -0.25) is 14.5 Å². The Balaban J connectivity index is 1.53. The molecule has 2 aromatic carbocycles. The molecule has 1 heterocycles. The van der Waals surface area contributed by atoms with Crippen molar-refractivity contribution in [3.63, 3.8) is 0 Å². The van der Waals surface area contributed by atoms with Crippen LogP contribution in [0.25, 0.3) is 6.08 Å². The molecule has 2 aliphatic rings. The van der Waals surface area contributed by atoms with Gasteiger partial charge in [-0.05, 0) is 89.9 Å². The lowest BCUT2D eigenvalue weighted by molar-refractivity contribution is -0.123. The summed E-state index contributed by atoms with van der Waals surface area (Å²) < 4.78 is 12.7. The molecule has 0 unspecified atom stereocenters. The van der Waals surface area contributed by atoms with Gasteiger partial charge in [-0.25, -0.2) is 0 Å². The standard InChI is InChI=1S/C27H27IN2O4S/c1-2-33-23-13-19(12-22(28)25(23)34-17-21-11-7-6-10-20(21)15-29)14-24-26(31)30(27(32)35-24)16-18-8-4-3-5-9-18/h6-7,10-14,18H,2-5,8-9,16-17H2,1H3/b24-14+. The fourth-order valence-corrected chi connectivity index (χ4v) is 6.05. The Morgan fingerprint density at radius 1 is 1.17 bits per heavy atom. The van der Waals surface area contributed by atoms with Crippen molar-refractivity contribution in [1.29, 1.82) is 5.26 Å². The average Bonchev–Trinajstić information content (AvgIpc) is 3.12. The van der Waals surface area contributed by atoms with E-state index in [1.54, 1.807) is 12.1 Å². The molecule has 1 saturated carbocycles. The van der Waals surface area contributed by atoms with Crippen molar-refractivity contribution in [2.75, 3.05) is 13.2 Å². The van der Waals surface area contributed by atoms with E-state index in [1.165, 1.54) is 24.2 Å². The highest BCUT2D eigenvalue weighted by Crippen LogP contribution is 2.38. The second-order valence-electron chi connectivity index (χ2n) is 8.62. The van der Waals surface area contributed by atoms with E-state index < -0.39 is 0 Å². The molecule has 0 N–H and O–H groups in total. The lowest BCUT2D eigenvalue weighted by atomic mass is 9.89. The quantitative estimate of drug-likeness (QED) is 0.246. The first-order chi connectivity index (χ1) is 17.0. The molecule has 2 fully saturated rings. The lowest BCUT2D eigenvalue weighted by Gasteiger charge is -2.25. The summed E-state index contributed by atoms with van der Waals surface area (Å²) in [4.78, 5) is 27.4. The van der Waals surface area contributed by atoms with Crippen LogP contribution in [0, 0.1) is 20.8 Å². The van der Waals surface area contributed by atoms with Crippen molar-refractivity contribution in [2.24, 2.45) is 5.92 Å². The van der Waals surface area contributed by atoms with Crippen LogP contribution >= 0.6 is 34.4 Å².